The summed E-state index contributed by atoms with van der Waals surface area (Å²) in [6.45, 7) is 9.02. The second-order valence-corrected chi connectivity index (χ2v) is 10.3. The van der Waals surface area contributed by atoms with E-state index in [0.717, 1.165) is 61.3 Å². The number of nitrogens with one attached hydrogen (secondary N) is 1. The molecule has 1 aromatic heterocycles. The Morgan fingerprint density at radius 3 is 2.75 bits per heavy atom. The Morgan fingerprint density at radius 1 is 1.17 bits per heavy atom. The highest BCUT2D eigenvalue weighted by Gasteiger charge is 2.35. The van der Waals surface area contributed by atoms with E-state index in [9.17, 15) is 9.90 Å². The van der Waals surface area contributed by atoms with Gasteiger partial charge in [0.2, 0.25) is 0 Å². The molecule has 2 aliphatic heterocycles. The fraction of sp³-hybridized carbons (Fsp3) is 0.586. The maximum Gasteiger partial charge on any atom is 0.325 e. The van der Waals surface area contributed by atoms with E-state index in [1.54, 1.807) is 0 Å². The summed E-state index contributed by atoms with van der Waals surface area (Å²) in [7, 11) is 0. The fourth-order valence-electron chi connectivity index (χ4n) is 5.39. The molecule has 0 saturated carbocycles. The SMILES string of the molecule is CC(C)O[C@H](C)c1ccccc1C(C(=O)O)N1CC[C@@H](OCCCCc2ccc3c(n2)NCCC3)C1. The van der Waals surface area contributed by atoms with Crippen LogP contribution < -0.4 is 5.32 Å². The van der Waals surface area contributed by atoms with Crippen molar-refractivity contribution in [2.45, 2.75) is 83.6 Å². The maximum atomic E-state index is 12.4. The largest absolute Gasteiger partial charge is 0.480 e. The topological polar surface area (TPSA) is 83.9 Å². The van der Waals surface area contributed by atoms with Crippen LogP contribution in [-0.2, 0) is 27.1 Å². The fourth-order valence-corrected chi connectivity index (χ4v) is 5.39. The molecule has 0 bridgehead atoms. The molecule has 0 aliphatic carbocycles. The molecule has 36 heavy (non-hydrogen) atoms. The molecular weight excluding hydrogens is 454 g/mol. The minimum Gasteiger partial charge on any atom is -0.480 e. The van der Waals surface area contributed by atoms with Crippen molar-refractivity contribution in [3.05, 3.63) is 58.8 Å². The minimum absolute atomic E-state index is 0.0643. The Hall–Kier alpha value is -2.48. The summed E-state index contributed by atoms with van der Waals surface area (Å²) in [5, 5.41) is 13.6. The van der Waals surface area contributed by atoms with Gasteiger partial charge in [-0.2, -0.15) is 0 Å². The van der Waals surface area contributed by atoms with Crippen molar-refractivity contribution in [2.75, 3.05) is 31.6 Å². The normalized spacial score (nSPS) is 19.6. The second-order valence-electron chi connectivity index (χ2n) is 10.3. The second kappa shape index (κ2) is 12.7. The quantitative estimate of drug-likeness (QED) is 0.393. The third kappa shape index (κ3) is 6.84. The van der Waals surface area contributed by atoms with E-state index in [1.807, 2.05) is 49.9 Å². The first-order chi connectivity index (χ1) is 17.4. The summed E-state index contributed by atoms with van der Waals surface area (Å²) in [5.41, 5.74) is 4.21. The Morgan fingerprint density at radius 2 is 1.97 bits per heavy atom. The number of carboxylic acids is 1. The van der Waals surface area contributed by atoms with Crippen LogP contribution in [-0.4, -0.2) is 59.4 Å². The molecule has 2 aromatic rings. The van der Waals surface area contributed by atoms with E-state index < -0.39 is 12.0 Å². The number of anilines is 1. The van der Waals surface area contributed by atoms with Crippen LogP contribution >= 0.6 is 0 Å². The number of unbranched alkanes of at least 4 members (excludes halogenated alkanes) is 1. The maximum absolute atomic E-state index is 12.4. The molecule has 0 spiro atoms. The van der Waals surface area contributed by atoms with Crippen LogP contribution in [0.1, 0.15) is 81.0 Å². The number of carbonyl (C=O) groups is 1. The number of carboxylic acid groups (broad SMARTS) is 1. The number of aryl methyl sites for hydroxylation is 2. The van der Waals surface area contributed by atoms with Gasteiger partial charge in [0.1, 0.15) is 11.9 Å². The molecule has 7 nitrogen and oxygen atoms in total. The van der Waals surface area contributed by atoms with Gasteiger partial charge in [-0.05, 0) is 82.1 Å². The lowest BCUT2D eigenvalue weighted by Crippen LogP contribution is -2.34. The lowest BCUT2D eigenvalue weighted by molar-refractivity contribution is -0.143. The van der Waals surface area contributed by atoms with Gasteiger partial charge in [-0.15, -0.1) is 0 Å². The Labute approximate surface area is 215 Å². The lowest BCUT2D eigenvalue weighted by atomic mass is 9.96. The van der Waals surface area contributed by atoms with Gasteiger partial charge >= 0.3 is 5.97 Å². The van der Waals surface area contributed by atoms with E-state index in [1.165, 1.54) is 12.0 Å². The number of ether oxygens (including phenoxy) is 2. The zero-order valence-corrected chi connectivity index (χ0v) is 21.9. The van der Waals surface area contributed by atoms with E-state index in [0.29, 0.717) is 19.7 Å². The molecule has 7 heteroatoms. The van der Waals surface area contributed by atoms with Gasteiger partial charge in [0.25, 0.3) is 0 Å². The van der Waals surface area contributed by atoms with Crippen molar-refractivity contribution >= 4 is 11.8 Å². The number of aromatic nitrogens is 1. The first kappa shape index (κ1) is 26.6. The molecular formula is C29H41N3O4. The lowest BCUT2D eigenvalue weighted by Gasteiger charge is -2.28. The minimum atomic E-state index is -0.827. The van der Waals surface area contributed by atoms with Gasteiger partial charge in [-0.1, -0.05) is 30.3 Å². The van der Waals surface area contributed by atoms with Crippen molar-refractivity contribution in [1.29, 1.82) is 0 Å². The van der Waals surface area contributed by atoms with Crippen LogP contribution in [0.5, 0.6) is 0 Å². The van der Waals surface area contributed by atoms with Crippen LogP contribution in [0.4, 0.5) is 5.82 Å². The smallest absolute Gasteiger partial charge is 0.325 e. The van der Waals surface area contributed by atoms with Gasteiger partial charge < -0.3 is 19.9 Å². The van der Waals surface area contributed by atoms with Crippen molar-refractivity contribution in [3.63, 3.8) is 0 Å². The summed E-state index contributed by atoms with van der Waals surface area (Å²) < 4.78 is 12.1. The van der Waals surface area contributed by atoms with Crippen LogP contribution in [0.25, 0.3) is 0 Å². The molecule has 1 saturated heterocycles. The molecule has 2 N–H and O–H groups in total. The Bertz CT molecular complexity index is 1010. The average molecular weight is 496 g/mol. The van der Waals surface area contributed by atoms with Crippen LogP contribution in [0.15, 0.2) is 36.4 Å². The van der Waals surface area contributed by atoms with E-state index in [-0.39, 0.29) is 18.3 Å². The van der Waals surface area contributed by atoms with Gasteiger partial charge in [0.15, 0.2) is 0 Å². The van der Waals surface area contributed by atoms with Gasteiger partial charge in [-0.25, -0.2) is 4.98 Å². The molecule has 3 heterocycles. The molecule has 0 radical (unpaired) electrons. The molecule has 2 aliphatic rings. The van der Waals surface area contributed by atoms with Gasteiger partial charge in [0.05, 0.1) is 18.3 Å². The summed E-state index contributed by atoms with van der Waals surface area (Å²) in [6, 6.07) is 11.4. The van der Waals surface area contributed by atoms with Crippen LogP contribution in [0.3, 0.4) is 0 Å². The van der Waals surface area contributed by atoms with E-state index in [4.69, 9.17) is 14.5 Å². The number of benzene rings is 1. The molecule has 4 rings (SSSR count). The molecule has 1 aromatic carbocycles. The number of fused-ring (bicyclic) bond motifs is 1. The number of nitrogens with zero attached hydrogens (tertiary/aromatic N) is 2. The molecule has 0 amide bonds. The predicted molar refractivity (Wildman–Crippen MR) is 141 cm³/mol. The first-order valence-corrected chi connectivity index (χ1v) is 13.5. The Kier molecular flexibility index (Phi) is 9.35. The highest BCUT2D eigenvalue weighted by Crippen LogP contribution is 2.33. The predicted octanol–water partition coefficient (Wildman–Crippen LogP) is 5.17. The molecule has 196 valence electrons. The molecule has 1 fully saturated rings. The van der Waals surface area contributed by atoms with E-state index >= 15 is 0 Å². The van der Waals surface area contributed by atoms with Crippen LogP contribution in [0.2, 0.25) is 0 Å². The number of rotatable bonds is 12. The average Bonchev–Trinajstić information content (AvgIpc) is 3.31. The number of pyridine rings is 1. The summed E-state index contributed by atoms with van der Waals surface area (Å²) in [5.74, 6) is 0.229. The highest BCUT2D eigenvalue weighted by atomic mass is 16.5. The van der Waals surface area contributed by atoms with Crippen molar-refractivity contribution < 1.29 is 19.4 Å². The van der Waals surface area contributed by atoms with E-state index in [2.05, 4.69) is 17.4 Å². The third-order valence-corrected chi connectivity index (χ3v) is 7.11. The number of likely N-dealkylation sites (tertiary alicyclic amines) is 1. The highest BCUT2D eigenvalue weighted by molar-refractivity contribution is 5.76. The van der Waals surface area contributed by atoms with Gasteiger partial charge in [0, 0.05) is 31.9 Å². The zero-order chi connectivity index (χ0) is 25.5. The standard InChI is InChI=1S/C29H41N3O4/c1-20(2)36-21(3)25-11-4-5-12-26(25)27(29(33)34)32-17-15-24(19-32)35-18-7-6-10-23-14-13-22-9-8-16-30-28(22)31-23/h4-5,11-14,20-21,24,27H,6-10,15-19H2,1-3H3,(H,30,31)(H,33,34)/t21-,24-,27?/m1/s1. The number of aliphatic carboxylic acids is 1. The zero-order valence-electron chi connectivity index (χ0n) is 21.9. The summed E-state index contributed by atoms with van der Waals surface area (Å²) in [4.78, 5) is 19.2. The molecule has 3 atom stereocenters. The monoisotopic (exact) mass is 495 g/mol. The number of hydrogen-bond donors (Lipinski definition) is 2. The summed E-state index contributed by atoms with van der Waals surface area (Å²) >= 11 is 0. The summed E-state index contributed by atoms with van der Waals surface area (Å²) in [6.07, 6.45) is 6.05. The first-order valence-electron chi connectivity index (χ1n) is 13.5. The van der Waals surface area contributed by atoms with Crippen LogP contribution in [0, 0.1) is 0 Å². The Balaban J connectivity index is 1.26. The van der Waals surface area contributed by atoms with Crippen molar-refractivity contribution in [3.8, 4) is 0 Å². The molecule has 1 unspecified atom stereocenters. The van der Waals surface area contributed by atoms with Crippen molar-refractivity contribution in [2.24, 2.45) is 0 Å². The van der Waals surface area contributed by atoms with Gasteiger partial charge in [-0.3, -0.25) is 9.69 Å². The number of hydrogen-bond acceptors (Lipinski definition) is 6. The van der Waals surface area contributed by atoms with Crippen molar-refractivity contribution in [1.82, 2.24) is 9.88 Å². The third-order valence-electron chi connectivity index (χ3n) is 7.11.